The van der Waals surface area contributed by atoms with Crippen molar-refractivity contribution >= 4 is 11.8 Å². The molecule has 1 spiro atoms. The third kappa shape index (κ3) is 2.81. The van der Waals surface area contributed by atoms with Crippen LogP contribution in [0.1, 0.15) is 27.9 Å². The molecule has 2 aromatic carbocycles. The number of likely N-dealkylation sites (N-methyl/N-ethyl adjacent to an activating group) is 1. The van der Waals surface area contributed by atoms with Crippen LogP contribution in [-0.4, -0.2) is 72.4 Å². The van der Waals surface area contributed by atoms with Gasteiger partial charge in [0.25, 0.3) is 5.91 Å². The minimum atomic E-state index is -0.708. The standard InChI is InChI=1S/C26H26N2O6/c1-27-22-11-17(32-2)7-9-26(22)19-13-21-20(33-14-34-21)12-18(19)24(30)28(23(26)25(27)31)10-8-15-3-5-16(29)6-4-15/h3-7,9,12-13,17,22-23,29H,8,10-11,14H2,1-2H3/t17-,22-,23+,26-/m0/s1. The molecule has 2 aromatic rings. The summed E-state index contributed by atoms with van der Waals surface area (Å²) in [6, 6.07) is 9.75. The Morgan fingerprint density at radius 1 is 1.15 bits per heavy atom. The fourth-order valence-electron chi connectivity index (χ4n) is 6.05. The summed E-state index contributed by atoms with van der Waals surface area (Å²) in [7, 11) is 3.48. The lowest BCUT2D eigenvalue weighted by molar-refractivity contribution is -0.131. The fraction of sp³-hybridized carbons (Fsp3) is 0.385. The van der Waals surface area contributed by atoms with Crippen molar-refractivity contribution in [1.29, 1.82) is 0 Å². The van der Waals surface area contributed by atoms with Crippen LogP contribution < -0.4 is 9.47 Å². The Morgan fingerprint density at radius 2 is 1.88 bits per heavy atom. The zero-order chi connectivity index (χ0) is 23.6. The normalized spacial score (nSPS) is 28.7. The Labute approximate surface area is 197 Å². The largest absolute Gasteiger partial charge is 0.508 e. The predicted octanol–water partition coefficient (Wildman–Crippen LogP) is 2.24. The second kappa shape index (κ2) is 7.50. The highest BCUT2D eigenvalue weighted by Gasteiger charge is 2.65. The van der Waals surface area contributed by atoms with Gasteiger partial charge in [0.15, 0.2) is 11.5 Å². The molecule has 0 unspecified atom stereocenters. The molecule has 0 saturated carbocycles. The summed E-state index contributed by atoms with van der Waals surface area (Å²) in [5.74, 6) is 1.07. The van der Waals surface area contributed by atoms with E-state index in [0.29, 0.717) is 36.4 Å². The van der Waals surface area contributed by atoms with E-state index in [1.54, 1.807) is 35.1 Å². The van der Waals surface area contributed by atoms with E-state index in [0.717, 1.165) is 11.1 Å². The van der Waals surface area contributed by atoms with E-state index in [2.05, 4.69) is 6.08 Å². The molecule has 8 nitrogen and oxygen atoms in total. The molecule has 4 atom stereocenters. The number of methoxy groups -OCH3 is 1. The number of rotatable bonds is 4. The van der Waals surface area contributed by atoms with Crippen LogP contribution >= 0.6 is 0 Å². The number of fused-ring (bicyclic) bond motifs is 2. The van der Waals surface area contributed by atoms with Gasteiger partial charge in [-0.3, -0.25) is 9.59 Å². The number of phenolic OH excluding ortho intramolecular Hbond substituents is 1. The van der Waals surface area contributed by atoms with Crippen LogP contribution in [0.5, 0.6) is 17.2 Å². The topological polar surface area (TPSA) is 88.5 Å². The first kappa shape index (κ1) is 21.0. The predicted molar refractivity (Wildman–Crippen MR) is 122 cm³/mol. The molecule has 34 heavy (non-hydrogen) atoms. The van der Waals surface area contributed by atoms with Gasteiger partial charge in [-0.05, 0) is 48.2 Å². The second-order valence-electron chi connectivity index (χ2n) is 9.34. The quantitative estimate of drug-likeness (QED) is 0.702. The van der Waals surface area contributed by atoms with Crippen LogP contribution in [-0.2, 0) is 21.4 Å². The number of ether oxygens (including phenoxy) is 3. The minimum Gasteiger partial charge on any atom is -0.508 e. The molecule has 8 heteroatoms. The highest BCUT2D eigenvalue weighted by Crippen LogP contribution is 2.54. The van der Waals surface area contributed by atoms with Crippen molar-refractivity contribution in [3.05, 3.63) is 65.2 Å². The van der Waals surface area contributed by atoms with Crippen molar-refractivity contribution in [2.45, 2.75) is 36.4 Å². The highest BCUT2D eigenvalue weighted by molar-refractivity contribution is 6.05. The number of carbonyl (C=O) groups excluding carboxylic acids is 2. The molecule has 4 aliphatic rings. The van der Waals surface area contributed by atoms with Crippen molar-refractivity contribution in [3.63, 3.8) is 0 Å². The molecule has 1 fully saturated rings. The molecular formula is C26H26N2O6. The SMILES string of the molecule is CO[C@H]1C=C[C@@]23c4cc5c(cc4C(=O)N(CCc4ccc(O)cc4)[C@@H]2C(=O)N(C)[C@H]3C1)OCO5. The monoisotopic (exact) mass is 462 g/mol. The van der Waals surface area contributed by atoms with Gasteiger partial charge in [-0.2, -0.15) is 0 Å². The number of phenols is 1. The molecule has 1 aliphatic carbocycles. The van der Waals surface area contributed by atoms with Crippen molar-refractivity contribution in [1.82, 2.24) is 9.80 Å². The Balaban J connectivity index is 1.49. The van der Waals surface area contributed by atoms with Gasteiger partial charge in [0, 0.05) is 32.3 Å². The van der Waals surface area contributed by atoms with Crippen LogP contribution in [0, 0.1) is 0 Å². The van der Waals surface area contributed by atoms with Gasteiger partial charge in [0.1, 0.15) is 11.8 Å². The van der Waals surface area contributed by atoms with Gasteiger partial charge in [0.2, 0.25) is 12.7 Å². The molecule has 176 valence electrons. The number of hydrogen-bond donors (Lipinski definition) is 1. The fourth-order valence-corrected chi connectivity index (χ4v) is 6.05. The van der Waals surface area contributed by atoms with Gasteiger partial charge in [0.05, 0.1) is 11.5 Å². The van der Waals surface area contributed by atoms with Crippen molar-refractivity contribution in [2.24, 2.45) is 0 Å². The first-order valence-corrected chi connectivity index (χ1v) is 11.5. The lowest BCUT2D eigenvalue weighted by Gasteiger charge is -2.48. The molecule has 1 saturated heterocycles. The number of carbonyl (C=O) groups is 2. The third-order valence-electron chi connectivity index (χ3n) is 7.76. The zero-order valence-corrected chi connectivity index (χ0v) is 19.1. The second-order valence-corrected chi connectivity index (χ2v) is 9.34. The Morgan fingerprint density at radius 3 is 2.62 bits per heavy atom. The minimum absolute atomic E-state index is 0.0752. The van der Waals surface area contributed by atoms with E-state index in [9.17, 15) is 14.7 Å². The summed E-state index contributed by atoms with van der Waals surface area (Å²) in [5.41, 5.74) is 1.62. The molecule has 3 heterocycles. The van der Waals surface area contributed by atoms with Crippen LogP contribution in [0.15, 0.2) is 48.6 Å². The lowest BCUT2D eigenvalue weighted by atomic mass is 9.63. The van der Waals surface area contributed by atoms with Crippen molar-refractivity contribution in [2.75, 3.05) is 27.5 Å². The van der Waals surface area contributed by atoms with Crippen LogP contribution in [0.4, 0.5) is 0 Å². The number of benzene rings is 2. The lowest BCUT2D eigenvalue weighted by Crippen LogP contribution is -2.60. The molecule has 3 aliphatic heterocycles. The summed E-state index contributed by atoms with van der Waals surface area (Å²) in [6.07, 6.45) is 5.18. The maximum atomic E-state index is 13.8. The summed E-state index contributed by atoms with van der Waals surface area (Å²) < 4.78 is 16.8. The van der Waals surface area contributed by atoms with Crippen LogP contribution in [0.25, 0.3) is 0 Å². The Kier molecular flexibility index (Phi) is 4.64. The average Bonchev–Trinajstić information content (AvgIpc) is 3.40. The van der Waals surface area contributed by atoms with Gasteiger partial charge in [-0.15, -0.1) is 0 Å². The Bertz CT molecular complexity index is 1210. The van der Waals surface area contributed by atoms with E-state index in [1.165, 1.54) is 0 Å². The maximum absolute atomic E-state index is 13.8. The van der Waals surface area contributed by atoms with Crippen molar-refractivity contribution < 1.29 is 28.9 Å². The maximum Gasteiger partial charge on any atom is 0.255 e. The molecule has 6 rings (SSSR count). The average molecular weight is 463 g/mol. The Hall–Kier alpha value is -3.52. The molecule has 1 N–H and O–H groups in total. The summed E-state index contributed by atoms with van der Waals surface area (Å²) in [5, 5.41) is 9.60. The molecule has 2 amide bonds. The number of aromatic hydroxyl groups is 1. The summed E-state index contributed by atoms with van der Waals surface area (Å²) >= 11 is 0. The van der Waals surface area contributed by atoms with Gasteiger partial charge < -0.3 is 29.1 Å². The number of amides is 2. The number of likely N-dealkylation sites (tertiary alicyclic amines) is 1. The third-order valence-corrected chi connectivity index (χ3v) is 7.76. The number of hydrogen-bond acceptors (Lipinski definition) is 6. The van der Waals surface area contributed by atoms with Crippen LogP contribution in [0.2, 0.25) is 0 Å². The summed E-state index contributed by atoms with van der Waals surface area (Å²) in [4.78, 5) is 31.1. The highest BCUT2D eigenvalue weighted by atomic mass is 16.7. The zero-order valence-electron chi connectivity index (χ0n) is 19.1. The van der Waals surface area contributed by atoms with E-state index in [-0.39, 0.29) is 36.5 Å². The van der Waals surface area contributed by atoms with Gasteiger partial charge in [-0.1, -0.05) is 24.3 Å². The summed E-state index contributed by atoms with van der Waals surface area (Å²) in [6.45, 7) is 0.481. The molecular weight excluding hydrogens is 436 g/mol. The van der Waals surface area contributed by atoms with Gasteiger partial charge >= 0.3 is 0 Å². The van der Waals surface area contributed by atoms with Crippen LogP contribution in [0.3, 0.4) is 0 Å². The smallest absolute Gasteiger partial charge is 0.255 e. The van der Waals surface area contributed by atoms with E-state index >= 15 is 0 Å². The van der Waals surface area contributed by atoms with E-state index in [4.69, 9.17) is 14.2 Å². The molecule has 0 aromatic heterocycles. The number of nitrogens with zero attached hydrogens (tertiary/aromatic N) is 2. The van der Waals surface area contributed by atoms with Crippen molar-refractivity contribution in [3.8, 4) is 17.2 Å². The van der Waals surface area contributed by atoms with E-state index in [1.807, 2.05) is 31.3 Å². The van der Waals surface area contributed by atoms with E-state index < -0.39 is 11.5 Å². The molecule has 0 radical (unpaired) electrons. The first-order chi connectivity index (χ1) is 16.4. The van der Waals surface area contributed by atoms with Gasteiger partial charge in [-0.25, -0.2) is 0 Å². The first-order valence-electron chi connectivity index (χ1n) is 11.5. The molecule has 0 bridgehead atoms.